The van der Waals surface area contributed by atoms with E-state index in [1.54, 1.807) is 29.2 Å². The van der Waals surface area contributed by atoms with Gasteiger partial charge >= 0.3 is 0 Å². The van der Waals surface area contributed by atoms with Crippen LogP contribution in [0.5, 0.6) is 0 Å². The summed E-state index contributed by atoms with van der Waals surface area (Å²) in [5.74, 6) is 0.927. The second-order valence-corrected chi connectivity index (χ2v) is 5.54. The van der Waals surface area contributed by atoms with Gasteiger partial charge in [0, 0.05) is 23.7 Å². The Balaban J connectivity index is 1.78. The van der Waals surface area contributed by atoms with Gasteiger partial charge in [0.15, 0.2) is 5.76 Å². The standard InChI is InChI=1S/C16H16ClNO3/c1-11-10-18(8-9-20-11)16(19)15-7-6-14(21-15)12-2-4-13(17)5-3-12/h2-7,11H,8-10H2,1H3/t11-/m0/s1. The maximum Gasteiger partial charge on any atom is 0.289 e. The number of furan rings is 1. The molecule has 1 aromatic carbocycles. The van der Waals surface area contributed by atoms with Crippen LogP contribution in [0.3, 0.4) is 0 Å². The molecule has 2 aromatic rings. The molecule has 110 valence electrons. The highest BCUT2D eigenvalue weighted by atomic mass is 35.5. The summed E-state index contributed by atoms with van der Waals surface area (Å²) in [6.45, 7) is 3.72. The van der Waals surface area contributed by atoms with Crippen molar-refractivity contribution in [2.75, 3.05) is 19.7 Å². The molecule has 0 aliphatic carbocycles. The van der Waals surface area contributed by atoms with Crippen molar-refractivity contribution in [1.29, 1.82) is 0 Å². The molecule has 0 unspecified atom stereocenters. The minimum absolute atomic E-state index is 0.0633. The molecule has 1 fully saturated rings. The van der Waals surface area contributed by atoms with Crippen LogP contribution in [0.1, 0.15) is 17.5 Å². The molecule has 0 bridgehead atoms. The average molecular weight is 306 g/mol. The lowest BCUT2D eigenvalue weighted by Crippen LogP contribution is -2.44. The van der Waals surface area contributed by atoms with Crippen LogP contribution < -0.4 is 0 Å². The van der Waals surface area contributed by atoms with Gasteiger partial charge in [0.2, 0.25) is 0 Å². The molecule has 1 aliphatic heterocycles. The van der Waals surface area contributed by atoms with E-state index in [4.69, 9.17) is 20.8 Å². The largest absolute Gasteiger partial charge is 0.451 e. The van der Waals surface area contributed by atoms with Crippen molar-refractivity contribution >= 4 is 17.5 Å². The van der Waals surface area contributed by atoms with E-state index in [1.165, 1.54) is 0 Å². The van der Waals surface area contributed by atoms with E-state index in [0.717, 1.165) is 5.56 Å². The Hall–Kier alpha value is -1.78. The lowest BCUT2D eigenvalue weighted by Gasteiger charge is -2.30. The SMILES string of the molecule is C[C@H]1CN(C(=O)c2ccc(-c3ccc(Cl)cc3)o2)CCO1. The zero-order chi connectivity index (χ0) is 14.8. The fraction of sp³-hybridized carbons (Fsp3) is 0.312. The Morgan fingerprint density at radius 2 is 2.00 bits per heavy atom. The minimum atomic E-state index is -0.0923. The van der Waals surface area contributed by atoms with Crippen molar-refractivity contribution in [2.45, 2.75) is 13.0 Å². The first-order chi connectivity index (χ1) is 10.1. The van der Waals surface area contributed by atoms with Gasteiger partial charge in [-0.05, 0) is 43.3 Å². The Kier molecular flexibility index (Phi) is 3.99. The number of benzene rings is 1. The van der Waals surface area contributed by atoms with Gasteiger partial charge in [0.25, 0.3) is 5.91 Å². The third-order valence-corrected chi connectivity index (χ3v) is 3.73. The highest BCUT2D eigenvalue weighted by Crippen LogP contribution is 2.24. The van der Waals surface area contributed by atoms with Crippen LogP contribution in [0, 0.1) is 0 Å². The number of nitrogens with zero attached hydrogens (tertiary/aromatic N) is 1. The smallest absolute Gasteiger partial charge is 0.289 e. The number of hydrogen-bond acceptors (Lipinski definition) is 3. The summed E-state index contributed by atoms with van der Waals surface area (Å²) in [4.78, 5) is 14.2. The third kappa shape index (κ3) is 3.12. The van der Waals surface area contributed by atoms with Gasteiger partial charge in [0.05, 0.1) is 12.7 Å². The van der Waals surface area contributed by atoms with E-state index in [0.29, 0.717) is 36.2 Å². The van der Waals surface area contributed by atoms with Crippen molar-refractivity contribution < 1.29 is 13.9 Å². The molecule has 0 spiro atoms. The van der Waals surface area contributed by atoms with Crippen molar-refractivity contribution in [1.82, 2.24) is 4.90 Å². The number of hydrogen-bond donors (Lipinski definition) is 0. The average Bonchev–Trinajstić information content (AvgIpc) is 2.97. The van der Waals surface area contributed by atoms with Crippen molar-refractivity contribution in [3.8, 4) is 11.3 Å². The Morgan fingerprint density at radius 1 is 1.24 bits per heavy atom. The van der Waals surface area contributed by atoms with Gasteiger partial charge < -0.3 is 14.1 Å². The molecule has 1 atom stereocenters. The number of halogens is 1. The molecule has 5 heteroatoms. The minimum Gasteiger partial charge on any atom is -0.451 e. The van der Waals surface area contributed by atoms with Crippen molar-refractivity contribution in [3.05, 3.63) is 47.2 Å². The van der Waals surface area contributed by atoms with Crippen LogP contribution in [0.25, 0.3) is 11.3 Å². The van der Waals surface area contributed by atoms with E-state index in [-0.39, 0.29) is 12.0 Å². The Labute approximate surface area is 128 Å². The summed E-state index contributed by atoms with van der Waals surface area (Å²) in [6, 6.07) is 10.8. The molecule has 21 heavy (non-hydrogen) atoms. The van der Waals surface area contributed by atoms with Crippen LogP contribution in [-0.4, -0.2) is 36.6 Å². The zero-order valence-corrected chi connectivity index (χ0v) is 12.5. The first-order valence-corrected chi connectivity index (χ1v) is 7.28. The van der Waals surface area contributed by atoms with E-state index in [1.807, 2.05) is 19.1 Å². The molecule has 1 aliphatic rings. The normalized spacial score (nSPS) is 18.8. The van der Waals surface area contributed by atoms with E-state index in [2.05, 4.69) is 0 Å². The van der Waals surface area contributed by atoms with Gasteiger partial charge in [-0.15, -0.1) is 0 Å². The Bertz CT molecular complexity index is 635. The second-order valence-electron chi connectivity index (χ2n) is 5.10. The lowest BCUT2D eigenvalue weighted by molar-refractivity contribution is -0.0134. The maximum atomic E-state index is 12.4. The number of carbonyl (C=O) groups is 1. The molecule has 1 aromatic heterocycles. The molecule has 2 heterocycles. The van der Waals surface area contributed by atoms with Crippen LogP contribution in [0.4, 0.5) is 0 Å². The Morgan fingerprint density at radius 3 is 2.71 bits per heavy atom. The van der Waals surface area contributed by atoms with E-state index in [9.17, 15) is 4.79 Å². The summed E-state index contributed by atoms with van der Waals surface area (Å²) in [5, 5.41) is 0.670. The topological polar surface area (TPSA) is 42.7 Å². The van der Waals surface area contributed by atoms with Crippen molar-refractivity contribution in [2.24, 2.45) is 0 Å². The number of amides is 1. The summed E-state index contributed by atoms with van der Waals surface area (Å²) in [6.07, 6.45) is 0.0633. The molecule has 0 radical (unpaired) electrons. The first-order valence-electron chi connectivity index (χ1n) is 6.90. The molecule has 4 nitrogen and oxygen atoms in total. The number of ether oxygens (including phenoxy) is 1. The lowest BCUT2D eigenvalue weighted by atomic mass is 10.2. The predicted octanol–water partition coefficient (Wildman–Crippen LogP) is 3.46. The number of carbonyl (C=O) groups excluding carboxylic acids is 1. The first kappa shape index (κ1) is 14.2. The van der Waals surface area contributed by atoms with Crippen LogP contribution in [0.2, 0.25) is 5.02 Å². The summed E-state index contributed by atoms with van der Waals surface area (Å²) in [5.41, 5.74) is 0.897. The van der Waals surface area contributed by atoms with Gasteiger partial charge in [-0.1, -0.05) is 11.6 Å². The van der Waals surface area contributed by atoms with Crippen LogP contribution in [0.15, 0.2) is 40.8 Å². The molecular weight excluding hydrogens is 290 g/mol. The molecule has 1 saturated heterocycles. The van der Waals surface area contributed by atoms with E-state index < -0.39 is 0 Å². The number of rotatable bonds is 2. The quantitative estimate of drug-likeness (QED) is 0.853. The number of morpholine rings is 1. The molecular formula is C16H16ClNO3. The second kappa shape index (κ2) is 5.92. The zero-order valence-electron chi connectivity index (χ0n) is 11.7. The van der Waals surface area contributed by atoms with E-state index >= 15 is 0 Å². The molecule has 0 saturated carbocycles. The predicted molar refractivity (Wildman–Crippen MR) is 80.5 cm³/mol. The molecule has 0 N–H and O–H groups in total. The highest BCUT2D eigenvalue weighted by Gasteiger charge is 2.24. The summed E-state index contributed by atoms with van der Waals surface area (Å²) >= 11 is 5.87. The molecule has 1 amide bonds. The fourth-order valence-corrected chi connectivity index (χ4v) is 2.51. The maximum absolute atomic E-state index is 12.4. The third-order valence-electron chi connectivity index (χ3n) is 3.47. The van der Waals surface area contributed by atoms with Crippen molar-refractivity contribution in [3.63, 3.8) is 0 Å². The van der Waals surface area contributed by atoms with Gasteiger partial charge in [-0.3, -0.25) is 4.79 Å². The summed E-state index contributed by atoms with van der Waals surface area (Å²) in [7, 11) is 0. The fourth-order valence-electron chi connectivity index (χ4n) is 2.38. The van der Waals surface area contributed by atoms with Gasteiger partial charge in [-0.2, -0.15) is 0 Å². The summed E-state index contributed by atoms with van der Waals surface area (Å²) < 4.78 is 11.1. The monoisotopic (exact) mass is 305 g/mol. The van der Waals surface area contributed by atoms with Crippen LogP contribution >= 0.6 is 11.6 Å². The highest BCUT2D eigenvalue weighted by molar-refractivity contribution is 6.30. The molecule has 3 rings (SSSR count). The van der Waals surface area contributed by atoms with Gasteiger partial charge in [-0.25, -0.2) is 0 Å². The van der Waals surface area contributed by atoms with Crippen LogP contribution in [-0.2, 0) is 4.74 Å². The van der Waals surface area contributed by atoms with Gasteiger partial charge in [0.1, 0.15) is 5.76 Å².